The third-order valence-corrected chi connectivity index (χ3v) is 5.21. The van der Waals surface area contributed by atoms with Crippen molar-refractivity contribution in [1.29, 1.82) is 0 Å². The van der Waals surface area contributed by atoms with E-state index in [2.05, 4.69) is 15.2 Å². The minimum Gasteiger partial charge on any atom is -0.390 e. The molecule has 1 aliphatic carbocycles. The van der Waals surface area contributed by atoms with Crippen molar-refractivity contribution in [2.75, 3.05) is 23.8 Å². The molecule has 0 radical (unpaired) electrons. The van der Waals surface area contributed by atoms with Gasteiger partial charge in [-0.05, 0) is 32.8 Å². The van der Waals surface area contributed by atoms with E-state index in [9.17, 15) is 18.3 Å². The Labute approximate surface area is 127 Å². The van der Waals surface area contributed by atoms with Crippen LogP contribution in [0.5, 0.6) is 0 Å². The summed E-state index contributed by atoms with van der Waals surface area (Å²) in [5, 5.41) is 12.9. The van der Waals surface area contributed by atoms with E-state index in [0.717, 1.165) is 12.8 Å². The molecule has 2 aliphatic heterocycles. The zero-order valence-electron chi connectivity index (χ0n) is 12.8. The number of fused-ring (bicyclic) bond motifs is 1. The minimum absolute atomic E-state index is 0.0218. The third-order valence-electron chi connectivity index (χ3n) is 5.21. The Morgan fingerprint density at radius 2 is 2.00 bits per heavy atom. The highest BCUT2D eigenvalue weighted by Crippen LogP contribution is 2.58. The van der Waals surface area contributed by atoms with Gasteiger partial charge in [0.05, 0.1) is 23.2 Å². The molecule has 0 amide bonds. The molecule has 1 saturated carbocycles. The number of nitrogens with one attached hydrogen (secondary N) is 1. The number of anilines is 2. The molecule has 122 valence electrons. The first-order chi connectivity index (χ1) is 10.1. The smallest absolute Gasteiger partial charge is 0.390 e. The topological polar surface area (TPSA) is 48.4 Å². The molecule has 2 saturated heterocycles. The predicted molar refractivity (Wildman–Crippen MR) is 77.9 cm³/mol. The summed E-state index contributed by atoms with van der Waals surface area (Å²) in [5.74, 6) is 0. The van der Waals surface area contributed by atoms with E-state index in [4.69, 9.17) is 0 Å². The highest BCUT2D eigenvalue weighted by molar-refractivity contribution is 5.62. The Bertz CT molecular complexity index is 589. The van der Waals surface area contributed by atoms with Crippen LogP contribution in [0.2, 0.25) is 0 Å². The van der Waals surface area contributed by atoms with Crippen LogP contribution in [0.3, 0.4) is 0 Å². The molecule has 3 fully saturated rings. The van der Waals surface area contributed by atoms with Crippen LogP contribution in [-0.4, -0.2) is 35.3 Å². The Kier molecular flexibility index (Phi) is 3.15. The van der Waals surface area contributed by atoms with Gasteiger partial charge in [-0.15, -0.1) is 0 Å². The van der Waals surface area contributed by atoms with Crippen LogP contribution in [0.4, 0.5) is 24.5 Å². The van der Waals surface area contributed by atoms with Crippen molar-refractivity contribution >= 4 is 11.4 Å². The first-order valence-electron chi connectivity index (χ1n) is 7.31. The van der Waals surface area contributed by atoms with E-state index in [1.165, 1.54) is 19.3 Å². The molecule has 3 heterocycles. The Morgan fingerprint density at radius 3 is 2.45 bits per heavy atom. The van der Waals surface area contributed by atoms with Gasteiger partial charge in [-0.25, -0.2) is 4.98 Å². The van der Waals surface area contributed by atoms with E-state index in [0.29, 0.717) is 12.2 Å². The summed E-state index contributed by atoms with van der Waals surface area (Å²) >= 11 is 0. The van der Waals surface area contributed by atoms with Gasteiger partial charge in [0.15, 0.2) is 5.69 Å². The van der Waals surface area contributed by atoms with Crippen molar-refractivity contribution in [2.45, 2.75) is 44.5 Å². The third kappa shape index (κ3) is 2.14. The average molecular weight is 315 g/mol. The standard InChI is InChI=1S/C15H20F3N3O/c1-13(2,22)14-5-10(6-14)21(8-14)9-4-11(19-3)12(20-7-9)15(16,17)18/h4,7,10,19,22H,5-6,8H2,1-3H3. The van der Waals surface area contributed by atoms with Crippen LogP contribution < -0.4 is 10.2 Å². The number of pyridine rings is 1. The SMILES string of the molecule is CNc1cc(N2CC3(C(C)(C)O)CC2C3)cnc1C(F)(F)F. The number of nitrogens with zero attached hydrogens (tertiary/aromatic N) is 2. The zero-order chi connectivity index (χ0) is 16.3. The van der Waals surface area contributed by atoms with Crippen molar-refractivity contribution < 1.29 is 18.3 Å². The van der Waals surface area contributed by atoms with Crippen LogP contribution in [0, 0.1) is 5.41 Å². The summed E-state index contributed by atoms with van der Waals surface area (Å²) < 4.78 is 38.7. The lowest BCUT2D eigenvalue weighted by Crippen LogP contribution is -2.50. The molecule has 7 heteroatoms. The Balaban J connectivity index is 1.89. The lowest BCUT2D eigenvalue weighted by molar-refractivity contribution is -0.140. The van der Waals surface area contributed by atoms with Gasteiger partial charge in [-0.2, -0.15) is 13.2 Å². The van der Waals surface area contributed by atoms with Gasteiger partial charge in [0, 0.05) is 25.0 Å². The van der Waals surface area contributed by atoms with E-state index in [1.54, 1.807) is 13.8 Å². The number of halogens is 3. The molecule has 0 aromatic carbocycles. The lowest BCUT2D eigenvalue weighted by atomic mass is 9.61. The number of aliphatic hydroxyl groups is 1. The van der Waals surface area contributed by atoms with Gasteiger partial charge in [0.25, 0.3) is 0 Å². The van der Waals surface area contributed by atoms with E-state index >= 15 is 0 Å². The van der Waals surface area contributed by atoms with Gasteiger partial charge in [-0.3, -0.25) is 0 Å². The Hall–Kier alpha value is -1.50. The molecule has 22 heavy (non-hydrogen) atoms. The quantitative estimate of drug-likeness (QED) is 0.900. The molecule has 2 N–H and O–H groups in total. The minimum atomic E-state index is -4.47. The van der Waals surface area contributed by atoms with Crippen LogP contribution >= 0.6 is 0 Å². The lowest BCUT2D eigenvalue weighted by Gasteiger charge is -2.45. The van der Waals surface area contributed by atoms with E-state index < -0.39 is 17.5 Å². The summed E-state index contributed by atoms with van der Waals surface area (Å²) in [6, 6.07) is 1.77. The highest BCUT2D eigenvalue weighted by atomic mass is 19.4. The fourth-order valence-electron chi connectivity index (χ4n) is 3.67. The van der Waals surface area contributed by atoms with Crippen molar-refractivity contribution in [3.8, 4) is 0 Å². The second-order valence-electron chi connectivity index (χ2n) is 6.87. The number of alkyl halides is 3. The monoisotopic (exact) mass is 315 g/mol. The van der Waals surface area contributed by atoms with Crippen LogP contribution in [0.15, 0.2) is 12.3 Å². The summed E-state index contributed by atoms with van der Waals surface area (Å²) in [7, 11) is 1.46. The fraction of sp³-hybridized carbons (Fsp3) is 0.667. The fourth-order valence-corrected chi connectivity index (χ4v) is 3.67. The summed E-state index contributed by atoms with van der Waals surface area (Å²) in [5.41, 5.74) is -1.20. The molecule has 4 rings (SSSR count). The number of hydrogen-bond donors (Lipinski definition) is 2. The number of aromatic nitrogens is 1. The number of hydrogen-bond acceptors (Lipinski definition) is 4. The average Bonchev–Trinajstić information content (AvgIpc) is 2.92. The van der Waals surface area contributed by atoms with Gasteiger partial charge in [-0.1, -0.05) is 0 Å². The van der Waals surface area contributed by atoms with E-state index in [-0.39, 0.29) is 17.1 Å². The molecular formula is C15H20F3N3O. The molecular weight excluding hydrogens is 295 g/mol. The largest absolute Gasteiger partial charge is 0.435 e. The van der Waals surface area contributed by atoms with Crippen molar-refractivity contribution in [2.24, 2.45) is 5.41 Å². The first-order valence-corrected chi connectivity index (χ1v) is 7.31. The second-order valence-corrected chi connectivity index (χ2v) is 6.87. The van der Waals surface area contributed by atoms with Gasteiger partial charge in [0.1, 0.15) is 0 Å². The van der Waals surface area contributed by atoms with Crippen LogP contribution in [-0.2, 0) is 6.18 Å². The Morgan fingerprint density at radius 1 is 1.36 bits per heavy atom. The predicted octanol–water partition coefficient (Wildman–Crippen LogP) is 2.88. The molecule has 0 unspecified atom stereocenters. The molecule has 1 aromatic rings. The molecule has 0 spiro atoms. The maximum Gasteiger partial charge on any atom is 0.435 e. The van der Waals surface area contributed by atoms with Crippen molar-refractivity contribution in [3.63, 3.8) is 0 Å². The van der Waals surface area contributed by atoms with Crippen molar-refractivity contribution in [3.05, 3.63) is 18.0 Å². The summed E-state index contributed by atoms with van der Waals surface area (Å²) in [6.07, 6.45) is -1.46. The van der Waals surface area contributed by atoms with Gasteiger partial charge in [0.2, 0.25) is 0 Å². The first kappa shape index (κ1) is 15.4. The summed E-state index contributed by atoms with van der Waals surface area (Å²) in [4.78, 5) is 5.67. The van der Waals surface area contributed by atoms with Gasteiger partial charge >= 0.3 is 6.18 Å². The molecule has 4 nitrogen and oxygen atoms in total. The zero-order valence-corrected chi connectivity index (χ0v) is 12.8. The van der Waals surface area contributed by atoms with Crippen LogP contribution in [0.25, 0.3) is 0 Å². The second kappa shape index (κ2) is 4.50. The van der Waals surface area contributed by atoms with Crippen molar-refractivity contribution in [1.82, 2.24) is 4.98 Å². The maximum atomic E-state index is 12.9. The van der Waals surface area contributed by atoms with E-state index in [1.807, 2.05) is 0 Å². The van der Waals surface area contributed by atoms with Gasteiger partial charge < -0.3 is 15.3 Å². The number of rotatable bonds is 3. The molecule has 1 aromatic heterocycles. The molecule has 3 aliphatic rings. The molecule has 2 bridgehead atoms. The molecule has 0 atom stereocenters. The summed E-state index contributed by atoms with van der Waals surface area (Å²) in [6.45, 7) is 4.25. The van der Waals surface area contributed by atoms with Crippen LogP contribution in [0.1, 0.15) is 32.4 Å². The highest BCUT2D eigenvalue weighted by Gasteiger charge is 2.61. The maximum absolute atomic E-state index is 12.9. The normalized spacial score (nSPS) is 27.8.